The number of amides is 2. The van der Waals surface area contributed by atoms with Gasteiger partial charge in [0.1, 0.15) is 0 Å². The number of fused-ring (bicyclic) bond motifs is 3. The van der Waals surface area contributed by atoms with Crippen LogP contribution < -0.4 is 5.32 Å². The lowest BCUT2D eigenvalue weighted by Crippen LogP contribution is -2.46. The molecule has 122 valence electrons. The molecule has 0 bridgehead atoms. The summed E-state index contributed by atoms with van der Waals surface area (Å²) in [6, 6.07) is 8.92. The number of aromatic nitrogens is 1. The van der Waals surface area contributed by atoms with Crippen LogP contribution in [0.15, 0.2) is 24.3 Å². The smallest absolute Gasteiger partial charge is 0.317 e. The molecule has 1 atom stereocenters. The van der Waals surface area contributed by atoms with E-state index in [-0.39, 0.29) is 6.03 Å². The molecule has 0 saturated carbocycles. The lowest BCUT2D eigenvalue weighted by molar-refractivity contribution is 0.188. The van der Waals surface area contributed by atoms with Crippen molar-refractivity contribution in [3.05, 3.63) is 35.5 Å². The van der Waals surface area contributed by atoms with Crippen molar-refractivity contribution in [2.45, 2.75) is 31.8 Å². The van der Waals surface area contributed by atoms with Crippen LogP contribution in [-0.2, 0) is 13.0 Å². The maximum absolute atomic E-state index is 12.5. The zero-order chi connectivity index (χ0) is 15.8. The molecule has 2 aliphatic heterocycles. The van der Waals surface area contributed by atoms with Crippen molar-refractivity contribution in [1.82, 2.24) is 20.1 Å². The molecule has 3 heterocycles. The van der Waals surface area contributed by atoms with E-state index in [2.05, 4.69) is 40.4 Å². The van der Waals surface area contributed by atoms with E-state index in [4.69, 9.17) is 0 Å². The van der Waals surface area contributed by atoms with Crippen LogP contribution in [0.4, 0.5) is 4.79 Å². The van der Waals surface area contributed by atoms with Crippen LogP contribution in [0.2, 0.25) is 0 Å². The number of carbonyl (C=O) groups is 1. The Hall–Kier alpha value is -2.01. The first kappa shape index (κ1) is 14.6. The number of para-hydroxylation sites is 1. The number of hydrogen-bond donors (Lipinski definition) is 2. The van der Waals surface area contributed by atoms with Crippen molar-refractivity contribution in [3.8, 4) is 0 Å². The molecule has 23 heavy (non-hydrogen) atoms. The summed E-state index contributed by atoms with van der Waals surface area (Å²) in [6.07, 6.45) is 3.32. The molecule has 0 radical (unpaired) electrons. The average Bonchev–Trinajstić information content (AvgIpc) is 3.15. The summed E-state index contributed by atoms with van der Waals surface area (Å²) < 4.78 is 0. The van der Waals surface area contributed by atoms with Crippen LogP contribution in [-0.4, -0.2) is 53.5 Å². The third kappa shape index (κ3) is 2.70. The van der Waals surface area contributed by atoms with Crippen molar-refractivity contribution in [2.24, 2.45) is 0 Å². The van der Waals surface area contributed by atoms with Gasteiger partial charge in [-0.3, -0.25) is 0 Å². The van der Waals surface area contributed by atoms with E-state index in [1.54, 1.807) is 0 Å². The monoisotopic (exact) mass is 312 g/mol. The first-order valence-electron chi connectivity index (χ1n) is 8.54. The predicted octanol–water partition coefficient (Wildman–Crippen LogP) is 2.33. The highest BCUT2D eigenvalue weighted by Crippen LogP contribution is 2.27. The molecular formula is C18H24N4O. The number of carbonyl (C=O) groups excluding carboxylic acids is 1. The van der Waals surface area contributed by atoms with Crippen LogP contribution in [0.25, 0.3) is 10.9 Å². The molecule has 2 N–H and O–H groups in total. The molecule has 1 saturated heterocycles. The lowest BCUT2D eigenvalue weighted by atomic mass is 10.0. The topological polar surface area (TPSA) is 51.4 Å². The number of likely N-dealkylation sites (tertiary alicyclic amines) is 1. The van der Waals surface area contributed by atoms with Gasteiger partial charge in [0.05, 0.1) is 0 Å². The van der Waals surface area contributed by atoms with Crippen molar-refractivity contribution >= 4 is 16.9 Å². The Morgan fingerprint density at radius 3 is 3.04 bits per heavy atom. The van der Waals surface area contributed by atoms with E-state index < -0.39 is 0 Å². The summed E-state index contributed by atoms with van der Waals surface area (Å²) in [5.41, 5.74) is 3.73. The normalized spacial score (nSPS) is 21.6. The molecule has 5 nitrogen and oxygen atoms in total. The van der Waals surface area contributed by atoms with Crippen molar-refractivity contribution < 1.29 is 4.79 Å². The minimum atomic E-state index is 0.0706. The van der Waals surface area contributed by atoms with Gasteiger partial charge >= 0.3 is 6.03 Å². The van der Waals surface area contributed by atoms with E-state index in [0.29, 0.717) is 12.6 Å². The third-order valence-electron chi connectivity index (χ3n) is 5.33. The number of hydrogen-bond acceptors (Lipinski definition) is 2. The van der Waals surface area contributed by atoms with Gasteiger partial charge in [-0.15, -0.1) is 0 Å². The van der Waals surface area contributed by atoms with Gasteiger partial charge in [0, 0.05) is 54.3 Å². The third-order valence-corrected chi connectivity index (χ3v) is 5.33. The number of rotatable bonds is 2. The second-order valence-corrected chi connectivity index (χ2v) is 6.76. The molecule has 2 aromatic rings. The molecule has 0 spiro atoms. The molecule has 1 fully saturated rings. The standard InChI is InChI=1S/C18H24N4O/c1-21-9-4-5-13(21)11-19-18(23)22-10-8-17-15(12-22)14-6-2-3-7-16(14)20-17/h2-3,6-7,13,20H,4-5,8-12H2,1H3,(H,19,23). The second kappa shape index (κ2) is 5.89. The molecular weight excluding hydrogens is 288 g/mol. The summed E-state index contributed by atoms with van der Waals surface area (Å²) in [5.74, 6) is 0. The number of urea groups is 1. The Bertz CT molecular complexity index is 723. The maximum atomic E-state index is 12.5. The van der Waals surface area contributed by atoms with E-state index >= 15 is 0 Å². The van der Waals surface area contributed by atoms with Gasteiger partial charge in [-0.2, -0.15) is 0 Å². The van der Waals surface area contributed by atoms with Crippen LogP contribution >= 0.6 is 0 Å². The maximum Gasteiger partial charge on any atom is 0.317 e. The fourth-order valence-electron chi connectivity index (χ4n) is 3.89. The molecule has 1 aromatic heterocycles. The highest BCUT2D eigenvalue weighted by atomic mass is 16.2. The summed E-state index contributed by atoms with van der Waals surface area (Å²) >= 11 is 0. The highest BCUT2D eigenvalue weighted by molar-refractivity contribution is 5.85. The summed E-state index contributed by atoms with van der Waals surface area (Å²) in [7, 11) is 2.14. The van der Waals surface area contributed by atoms with Gasteiger partial charge in [-0.05, 0) is 32.5 Å². The van der Waals surface area contributed by atoms with E-state index in [9.17, 15) is 4.79 Å². The second-order valence-electron chi connectivity index (χ2n) is 6.76. The van der Waals surface area contributed by atoms with Gasteiger partial charge in [-0.25, -0.2) is 4.79 Å². The van der Waals surface area contributed by atoms with Gasteiger partial charge < -0.3 is 20.1 Å². The summed E-state index contributed by atoms with van der Waals surface area (Å²) in [6.45, 7) is 3.38. The van der Waals surface area contributed by atoms with Crippen LogP contribution in [0.1, 0.15) is 24.1 Å². The lowest BCUT2D eigenvalue weighted by Gasteiger charge is -2.28. The Kier molecular flexibility index (Phi) is 3.73. The van der Waals surface area contributed by atoms with Gasteiger partial charge in [-0.1, -0.05) is 18.2 Å². The van der Waals surface area contributed by atoms with Gasteiger partial charge in [0.25, 0.3) is 0 Å². The molecule has 2 aliphatic rings. The van der Waals surface area contributed by atoms with Crippen LogP contribution in [0.5, 0.6) is 0 Å². The molecule has 5 heteroatoms. The van der Waals surface area contributed by atoms with Gasteiger partial charge in [0.15, 0.2) is 0 Å². The van der Waals surface area contributed by atoms with Crippen LogP contribution in [0.3, 0.4) is 0 Å². The summed E-state index contributed by atoms with van der Waals surface area (Å²) in [4.78, 5) is 20.3. The number of H-pyrrole nitrogens is 1. The Balaban J connectivity index is 1.44. The number of aromatic amines is 1. The highest BCUT2D eigenvalue weighted by Gasteiger charge is 2.26. The number of nitrogens with one attached hydrogen (secondary N) is 2. The zero-order valence-corrected chi connectivity index (χ0v) is 13.6. The number of likely N-dealkylation sites (N-methyl/N-ethyl adjacent to an activating group) is 1. The number of nitrogens with zero attached hydrogens (tertiary/aromatic N) is 2. The SMILES string of the molecule is CN1CCCC1CNC(=O)N1CCc2[nH]c3ccccc3c2C1. The Morgan fingerprint density at radius 1 is 1.35 bits per heavy atom. The van der Waals surface area contributed by atoms with Crippen molar-refractivity contribution in [2.75, 3.05) is 26.7 Å². The van der Waals surface area contributed by atoms with E-state index in [0.717, 1.165) is 26.1 Å². The van der Waals surface area contributed by atoms with Crippen molar-refractivity contribution in [3.63, 3.8) is 0 Å². The van der Waals surface area contributed by atoms with Gasteiger partial charge in [0.2, 0.25) is 0 Å². The van der Waals surface area contributed by atoms with Crippen LogP contribution in [0, 0.1) is 0 Å². The molecule has 2 amide bonds. The van der Waals surface area contributed by atoms with E-state index in [1.807, 2.05) is 11.0 Å². The summed E-state index contributed by atoms with van der Waals surface area (Å²) in [5, 5.41) is 4.38. The van der Waals surface area contributed by atoms with Crippen molar-refractivity contribution in [1.29, 1.82) is 0 Å². The first-order valence-corrected chi connectivity index (χ1v) is 8.54. The first-order chi connectivity index (χ1) is 11.2. The molecule has 1 aromatic carbocycles. The average molecular weight is 312 g/mol. The molecule has 0 aliphatic carbocycles. The predicted molar refractivity (Wildman–Crippen MR) is 91.5 cm³/mol. The zero-order valence-electron chi connectivity index (χ0n) is 13.6. The number of benzene rings is 1. The fraction of sp³-hybridized carbons (Fsp3) is 0.500. The Morgan fingerprint density at radius 2 is 2.22 bits per heavy atom. The molecule has 1 unspecified atom stereocenters. The fourth-order valence-corrected chi connectivity index (χ4v) is 3.89. The molecule has 4 rings (SSSR count). The minimum Gasteiger partial charge on any atom is -0.358 e. The van der Waals surface area contributed by atoms with E-state index in [1.165, 1.54) is 35.0 Å². The minimum absolute atomic E-state index is 0.0706. The quantitative estimate of drug-likeness (QED) is 0.894. The Labute approximate surface area is 136 Å². The largest absolute Gasteiger partial charge is 0.358 e.